The topological polar surface area (TPSA) is 99.1 Å². The molecule has 1 rings (SSSR count). The quantitative estimate of drug-likeness (QED) is 0.474. The molecule has 21 heavy (non-hydrogen) atoms. The van der Waals surface area contributed by atoms with Gasteiger partial charge in [-0.25, -0.2) is 14.4 Å². The van der Waals surface area contributed by atoms with Crippen molar-refractivity contribution in [1.29, 1.82) is 0 Å². The van der Waals surface area contributed by atoms with E-state index in [1.807, 2.05) is 0 Å². The smallest absolute Gasteiger partial charge is 0.349 e. The van der Waals surface area contributed by atoms with Crippen LogP contribution in [0.1, 0.15) is 6.92 Å². The molecule has 0 amide bonds. The third kappa shape index (κ3) is 6.76. The van der Waals surface area contributed by atoms with Crippen LogP contribution in [0.15, 0.2) is 36.4 Å². The van der Waals surface area contributed by atoms with E-state index in [-0.39, 0.29) is 18.1 Å². The van der Waals surface area contributed by atoms with Gasteiger partial charge in [0.15, 0.2) is 6.61 Å². The number of phenols is 1. The third-order valence-electron chi connectivity index (χ3n) is 2.04. The summed E-state index contributed by atoms with van der Waals surface area (Å²) in [6, 6.07) is 5.46. The predicted octanol–water partition coefficient (Wildman–Crippen LogP) is 0.960. The van der Waals surface area contributed by atoms with Crippen molar-refractivity contribution in [2.75, 3.05) is 13.2 Å². The van der Waals surface area contributed by atoms with Gasteiger partial charge in [-0.05, 0) is 31.2 Å². The van der Waals surface area contributed by atoms with Gasteiger partial charge in [0.2, 0.25) is 0 Å². The van der Waals surface area contributed by atoms with Crippen LogP contribution in [0.2, 0.25) is 0 Å². The maximum absolute atomic E-state index is 11.4. The zero-order valence-electron chi connectivity index (χ0n) is 11.3. The number of phenolic OH excluding ortho intramolecular Hbond substituents is 1. The Bertz CT molecular complexity index is 531. The maximum Gasteiger partial charge on any atom is 0.349 e. The zero-order valence-corrected chi connectivity index (χ0v) is 11.3. The number of aromatic hydroxyl groups is 1. The van der Waals surface area contributed by atoms with Crippen molar-refractivity contribution >= 4 is 17.9 Å². The van der Waals surface area contributed by atoms with Crippen LogP contribution in [0.4, 0.5) is 0 Å². The highest BCUT2D eigenvalue weighted by atomic mass is 16.6. The van der Waals surface area contributed by atoms with Gasteiger partial charge in [-0.3, -0.25) is 0 Å². The minimum absolute atomic E-state index is 0.0327. The number of hydrogen-bond donors (Lipinski definition) is 1. The molecular weight excluding hydrogens is 280 g/mol. The molecule has 1 aromatic carbocycles. The number of carbonyl (C=O) groups excluding carboxylic acids is 3. The van der Waals surface area contributed by atoms with Crippen molar-refractivity contribution in [1.82, 2.24) is 0 Å². The minimum Gasteiger partial charge on any atom is -0.508 e. The molecule has 112 valence electrons. The number of benzene rings is 1. The van der Waals surface area contributed by atoms with E-state index in [0.29, 0.717) is 0 Å². The maximum atomic E-state index is 11.4. The first-order valence-electron chi connectivity index (χ1n) is 6.02. The summed E-state index contributed by atoms with van der Waals surface area (Å²) in [5.74, 6) is -2.10. The summed E-state index contributed by atoms with van der Waals surface area (Å²) in [5.41, 5.74) is 0. The Kier molecular flexibility index (Phi) is 6.46. The molecule has 7 nitrogen and oxygen atoms in total. The predicted molar refractivity (Wildman–Crippen MR) is 70.5 cm³/mol. The van der Waals surface area contributed by atoms with E-state index >= 15 is 0 Å². The number of esters is 3. The molecule has 0 bridgehead atoms. The normalized spacial score (nSPS) is 10.1. The van der Waals surface area contributed by atoms with Crippen molar-refractivity contribution in [3.8, 4) is 11.5 Å². The van der Waals surface area contributed by atoms with Crippen LogP contribution in [0.5, 0.6) is 11.5 Å². The number of carbonyl (C=O) groups is 3. The van der Waals surface area contributed by atoms with E-state index in [4.69, 9.17) is 9.84 Å². The standard InChI is InChI=1S/C14H14O7/c1-2-19-12(16)7-8-13(17)20-9-14(18)21-11-5-3-10(15)4-6-11/h3-8,15H,2,9H2,1H3/b8-7-. The van der Waals surface area contributed by atoms with E-state index in [1.54, 1.807) is 6.92 Å². The van der Waals surface area contributed by atoms with Crippen LogP contribution in [0.3, 0.4) is 0 Å². The largest absolute Gasteiger partial charge is 0.508 e. The molecule has 1 aromatic rings. The summed E-state index contributed by atoms with van der Waals surface area (Å²) in [4.78, 5) is 33.5. The van der Waals surface area contributed by atoms with Gasteiger partial charge in [0.25, 0.3) is 0 Å². The molecular formula is C14H14O7. The summed E-state index contributed by atoms with van der Waals surface area (Å²) in [6.07, 6.45) is 1.75. The Morgan fingerprint density at radius 1 is 1.05 bits per heavy atom. The summed E-state index contributed by atoms with van der Waals surface area (Å²) in [5, 5.41) is 9.05. The Morgan fingerprint density at radius 3 is 2.19 bits per heavy atom. The van der Waals surface area contributed by atoms with Gasteiger partial charge in [-0.2, -0.15) is 0 Å². The second kappa shape index (κ2) is 8.36. The second-order valence-electron chi connectivity index (χ2n) is 3.66. The van der Waals surface area contributed by atoms with Crippen LogP contribution >= 0.6 is 0 Å². The molecule has 0 saturated carbocycles. The molecule has 0 aromatic heterocycles. The molecule has 1 N–H and O–H groups in total. The third-order valence-corrected chi connectivity index (χ3v) is 2.04. The molecule has 0 aliphatic heterocycles. The van der Waals surface area contributed by atoms with Crippen molar-refractivity contribution in [3.63, 3.8) is 0 Å². The fraction of sp³-hybridized carbons (Fsp3) is 0.214. The van der Waals surface area contributed by atoms with Crippen LogP contribution in [0.25, 0.3) is 0 Å². The fourth-order valence-corrected chi connectivity index (χ4v) is 1.18. The molecule has 0 saturated heterocycles. The summed E-state index contributed by atoms with van der Waals surface area (Å²) >= 11 is 0. The van der Waals surface area contributed by atoms with Crippen molar-refractivity contribution in [2.45, 2.75) is 6.92 Å². The van der Waals surface area contributed by atoms with Gasteiger partial charge in [-0.15, -0.1) is 0 Å². The monoisotopic (exact) mass is 294 g/mol. The molecule has 0 spiro atoms. The Labute approximate surface area is 120 Å². The lowest BCUT2D eigenvalue weighted by Gasteiger charge is -2.04. The van der Waals surface area contributed by atoms with E-state index in [0.717, 1.165) is 12.2 Å². The lowest BCUT2D eigenvalue weighted by Crippen LogP contribution is -2.18. The first-order chi connectivity index (χ1) is 10.0. The van der Waals surface area contributed by atoms with E-state index in [2.05, 4.69) is 9.47 Å². The Morgan fingerprint density at radius 2 is 1.62 bits per heavy atom. The molecule has 0 heterocycles. The summed E-state index contributed by atoms with van der Waals surface area (Å²) in [6.45, 7) is 1.22. The van der Waals surface area contributed by atoms with Crippen molar-refractivity contribution < 1.29 is 33.7 Å². The minimum atomic E-state index is -0.870. The second-order valence-corrected chi connectivity index (χ2v) is 3.66. The van der Waals surface area contributed by atoms with Crippen molar-refractivity contribution in [2.24, 2.45) is 0 Å². The van der Waals surface area contributed by atoms with Gasteiger partial charge < -0.3 is 19.3 Å². The van der Waals surface area contributed by atoms with Crippen molar-refractivity contribution in [3.05, 3.63) is 36.4 Å². The van der Waals surface area contributed by atoms with Gasteiger partial charge in [0.1, 0.15) is 11.5 Å². The van der Waals surface area contributed by atoms with Crippen LogP contribution in [-0.2, 0) is 23.9 Å². The van der Waals surface area contributed by atoms with Gasteiger partial charge in [0, 0.05) is 12.2 Å². The van der Waals surface area contributed by atoms with Crippen LogP contribution < -0.4 is 4.74 Å². The molecule has 0 fully saturated rings. The lowest BCUT2D eigenvalue weighted by atomic mass is 10.3. The number of ether oxygens (including phenoxy) is 3. The first-order valence-corrected chi connectivity index (χ1v) is 6.02. The number of hydrogen-bond acceptors (Lipinski definition) is 7. The average molecular weight is 294 g/mol. The highest BCUT2D eigenvalue weighted by Crippen LogP contribution is 2.15. The molecule has 0 aliphatic carbocycles. The van der Waals surface area contributed by atoms with Crippen LogP contribution in [0, 0.1) is 0 Å². The summed E-state index contributed by atoms with van der Waals surface area (Å²) < 4.78 is 14.0. The van der Waals surface area contributed by atoms with Gasteiger partial charge in [-0.1, -0.05) is 0 Å². The SMILES string of the molecule is CCOC(=O)/C=C\C(=O)OCC(=O)Oc1ccc(O)cc1. The van der Waals surface area contributed by atoms with E-state index in [1.165, 1.54) is 24.3 Å². The fourth-order valence-electron chi connectivity index (χ4n) is 1.18. The summed E-state index contributed by atoms with van der Waals surface area (Å²) in [7, 11) is 0. The Balaban J connectivity index is 2.34. The first kappa shape index (κ1) is 16.2. The molecule has 0 aliphatic rings. The highest BCUT2D eigenvalue weighted by Gasteiger charge is 2.08. The zero-order chi connectivity index (χ0) is 15.7. The van der Waals surface area contributed by atoms with E-state index < -0.39 is 24.5 Å². The highest BCUT2D eigenvalue weighted by molar-refractivity contribution is 5.92. The number of rotatable bonds is 6. The average Bonchev–Trinajstić information content (AvgIpc) is 2.46. The Hall–Kier alpha value is -2.83. The lowest BCUT2D eigenvalue weighted by molar-refractivity contribution is -0.150. The molecule has 0 atom stereocenters. The molecule has 0 unspecified atom stereocenters. The van der Waals surface area contributed by atoms with E-state index in [9.17, 15) is 14.4 Å². The van der Waals surface area contributed by atoms with Crippen LogP contribution in [-0.4, -0.2) is 36.2 Å². The van der Waals surface area contributed by atoms with Gasteiger partial charge >= 0.3 is 17.9 Å². The van der Waals surface area contributed by atoms with Gasteiger partial charge in [0.05, 0.1) is 6.61 Å². The molecule has 7 heteroatoms. The molecule has 0 radical (unpaired) electrons.